The number of ether oxygens (including phenoxy) is 1. The summed E-state index contributed by atoms with van der Waals surface area (Å²) in [4.78, 5) is 11.7. The monoisotopic (exact) mass is 254 g/mol. The number of Topliss-reactive ketones (excluding diaryl/α,β-unsaturated/α-hetero) is 1. The van der Waals surface area contributed by atoms with Crippen LogP contribution in [0.2, 0.25) is 0 Å². The molecule has 0 aromatic heterocycles. The maximum absolute atomic E-state index is 11.7. The second kappa shape index (κ2) is 6.19. The molecule has 0 heterocycles. The number of hydrogen-bond donors (Lipinski definition) is 0. The normalized spacial score (nSPS) is 10.2. The van der Waals surface area contributed by atoms with Gasteiger partial charge in [0.2, 0.25) is 0 Å². The fraction of sp³-hybridized carbons (Fsp3) is 0.235. The van der Waals surface area contributed by atoms with E-state index in [0.717, 1.165) is 22.4 Å². The first-order valence-corrected chi connectivity index (χ1v) is 6.50. The number of carbonyl (C=O) groups is 1. The number of aryl methyl sites for hydroxylation is 1. The summed E-state index contributed by atoms with van der Waals surface area (Å²) in [5.41, 5.74) is 2.89. The molecule has 0 unspecified atom stereocenters. The van der Waals surface area contributed by atoms with Gasteiger partial charge in [-0.05, 0) is 36.2 Å². The van der Waals surface area contributed by atoms with Crippen LogP contribution in [0.3, 0.4) is 0 Å². The molecule has 0 N–H and O–H groups in total. The van der Waals surface area contributed by atoms with Crippen molar-refractivity contribution >= 4 is 5.78 Å². The largest absolute Gasteiger partial charge is 0.489 e. The minimum Gasteiger partial charge on any atom is -0.489 e. The van der Waals surface area contributed by atoms with Crippen molar-refractivity contribution in [1.82, 2.24) is 0 Å². The molecule has 0 bridgehead atoms. The molecule has 0 aliphatic carbocycles. The summed E-state index contributed by atoms with van der Waals surface area (Å²) in [6.07, 6.45) is 0.515. The van der Waals surface area contributed by atoms with Crippen LogP contribution in [0.4, 0.5) is 0 Å². The summed E-state index contributed by atoms with van der Waals surface area (Å²) in [5.74, 6) is 0.897. The Kier molecular flexibility index (Phi) is 4.35. The van der Waals surface area contributed by atoms with Crippen molar-refractivity contribution in [2.45, 2.75) is 26.9 Å². The molecule has 2 rings (SSSR count). The van der Waals surface area contributed by atoms with E-state index < -0.39 is 0 Å². The first-order chi connectivity index (χ1) is 9.19. The Morgan fingerprint density at radius 2 is 1.84 bits per heavy atom. The van der Waals surface area contributed by atoms with Gasteiger partial charge in [0.05, 0.1) is 0 Å². The summed E-state index contributed by atoms with van der Waals surface area (Å²) >= 11 is 0. The Morgan fingerprint density at radius 1 is 1.11 bits per heavy atom. The van der Waals surface area contributed by atoms with E-state index in [2.05, 4.69) is 0 Å². The average molecular weight is 254 g/mol. The van der Waals surface area contributed by atoms with Crippen LogP contribution >= 0.6 is 0 Å². The van der Waals surface area contributed by atoms with Crippen LogP contribution in [0, 0.1) is 6.92 Å². The number of hydrogen-bond acceptors (Lipinski definition) is 2. The number of carbonyl (C=O) groups excluding carboxylic acids is 1. The van der Waals surface area contributed by atoms with Gasteiger partial charge in [0.15, 0.2) is 5.78 Å². The van der Waals surface area contributed by atoms with Crippen molar-refractivity contribution in [2.75, 3.05) is 0 Å². The van der Waals surface area contributed by atoms with Crippen molar-refractivity contribution in [3.63, 3.8) is 0 Å². The lowest BCUT2D eigenvalue weighted by atomic mass is 10.1. The molecule has 0 saturated heterocycles. The van der Waals surface area contributed by atoms with Gasteiger partial charge in [-0.1, -0.05) is 37.3 Å². The summed E-state index contributed by atoms with van der Waals surface area (Å²) in [5, 5.41) is 0. The first kappa shape index (κ1) is 13.3. The molecule has 0 aliphatic rings. The molecule has 0 atom stereocenters. The van der Waals surface area contributed by atoms with Gasteiger partial charge in [-0.3, -0.25) is 4.79 Å². The summed E-state index contributed by atoms with van der Waals surface area (Å²) < 4.78 is 5.76. The van der Waals surface area contributed by atoms with E-state index in [-0.39, 0.29) is 5.78 Å². The van der Waals surface area contributed by atoms with Gasteiger partial charge < -0.3 is 4.74 Å². The molecule has 2 aromatic rings. The van der Waals surface area contributed by atoms with Gasteiger partial charge in [0.25, 0.3) is 0 Å². The molecule has 98 valence electrons. The fourth-order valence-corrected chi connectivity index (χ4v) is 1.94. The Morgan fingerprint density at radius 3 is 2.53 bits per heavy atom. The molecule has 0 fully saturated rings. The summed E-state index contributed by atoms with van der Waals surface area (Å²) in [7, 11) is 0. The molecule has 2 aromatic carbocycles. The lowest BCUT2D eigenvalue weighted by molar-refractivity contribution is 0.0987. The van der Waals surface area contributed by atoms with Crippen molar-refractivity contribution < 1.29 is 9.53 Å². The maximum Gasteiger partial charge on any atom is 0.162 e. The molecule has 2 heteroatoms. The minimum atomic E-state index is 0.147. The SMILES string of the molecule is CCC(=O)c1cc(C)cc(OCc2ccccc2)c1. The molecule has 0 aliphatic heterocycles. The third-order valence-electron chi connectivity index (χ3n) is 2.94. The quantitative estimate of drug-likeness (QED) is 0.749. The molecule has 19 heavy (non-hydrogen) atoms. The molecule has 0 spiro atoms. The highest BCUT2D eigenvalue weighted by atomic mass is 16.5. The van der Waals surface area contributed by atoms with Crippen LogP contribution in [0.1, 0.15) is 34.8 Å². The van der Waals surface area contributed by atoms with Crippen LogP contribution in [0.25, 0.3) is 0 Å². The van der Waals surface area contributed by atoms with Crippen molar-refractivity contribution in [2.24, 2.45) is 0 Å². The predicted octanol–water partition coefficient (Wildman–Crippen LogP) is 4.17. The van der Waals surface area contributed by atoms with Crippen LogP contribution < -0.4 is 4.74 Å². The van der Waals surface area contributed by atoms with Crippen molar-refractivity contribution in [3.05, 3.63) is 65.2 Å². The van der Waals surface area contributed by atoms with Gasteiger partial charge in [0, 0.05) is 12.0 Å². The van der Waals surface area contributed by atoms with Crippen LogP contribution in [0.5, 0.6) is 5.75 Å². The van der Waals surface area contributed by atoms with Gasteiger partial charge >= 0.3 is 0 Å². The lowest BCUT2D eigenvalue weighted by Gasteiger charge is -2.09. The second-order valence-corrected chi connectivity index (χ2v) is 4.59. The van der Waals surface area contributed by atoms with Gasteiger partial charge in [-0.2, -0.15) is 0 Å². The zero-order valence-corrected chi connectivity index (χ0v) is 11.3. The number of benzene rings is 2. The fourth-order valence-electron chi connectivity index (χ4n) is 1.94. The smallest absolute Gasteiger partial charge is 0.162 e. The van der Waals surface area contributed by atoms with Crippen LogP contribution in [-0.4, -0.2) is 5.78 Å². The predicted molar refractivity (Wildman–Crippen MR) is 76.6 cm³/mol. The standard InChI is InChI=1S/C17H18O2/c1-3-17(18)15-9-13(2)10-16(11-15)19-12-14-7-5-4-6-8-14/h4-11H,3,12H2,1-2H3. The van der Waals surface area contributed by atoms with Gasteiger partial charge in [-0.15, -0.1) is 0 Å². The molecule has 0 amide bonds. The summed E-state index contributed by atoms with van der Waals surface area (Å²) in [6.45, 7) is 4.36. The highest BCUT2D eigenvalue weighted by Crippen LogP contribution is 2.19. The highest BCUT2D eigenvalue weighted by molar-refractivity contribution is 5.96. The van der Waals surface area contributed by atoms with E-state index in [1.165, 1.54) is 0 Å². The van der Waals surface area contributed by atoms with Gasteiger partial charge in [0.1, 0.15) is 12.4 Å². The Balaban J connectivity index is 2.12. The number of ketones is 1. The van der Waals surface area contributed by atoms with Crippen molar-refractivity contribution in [3.8, 4) is 5.75 Å². The van der Waals surface area contributed by atoms with E-state index in [1.807, 2.05) is 62.4 Å². The Bertz CT molecular complexity index is 559. The van der Waals surface area contributed by atoms with Crippen LogP contribution in [-0.2, 0) is 6.61 Å². The zero-order chi connectivity index (χ0) is 13.7. The average Bonchev–Trinajstić information content (AvgIpc) is 2.45. The van der Waals surface area contributed by atoms with Crippen molar-refractivity contribution in [1.29, 1.82) is 0 Å². The van der Waals surface area contributed by atoms with E-state index in [1.54, 1.807) is 0 Å². The molecular formula is C17H18O2. The second-order valence-electron chi connectivity index (χ2n) is 4.59. The molecule has 0 saturated carbocycles. The molecular weight excluding hydrogens is 236 g/mol. The molecule has 2 nitrogen and oxygen atoms in total. The molecule has 0 radical (unpaired) electrons. The van der Waals surface area contributed by atoms with E-state index >= 15 is 0 Å². The third kappa shape index (κ3) is 3.68. The lowest BCUT2D eigenvalue weighted by Crippen LogP contribution is -2.00. The highest BCUT2D eigenvalue weighted by Gasteiger charge is 2.06. The Hall–Kier alpha value is -2.09. The summed E-state index contributed by atoms with van der Waals surface area (Å²) in [6, 6.07) is 15.7. The topological polar surface area (TPSA) is 26.3 Å². The zero-order valence-electron chi connectivity index (χ0n) is 11.3. The third-order valence-corrected chi connectivity index (χ3v) is 2.94. The van der Waals surface area contributed by atoms with E-state index in [0.29, 0.717) is 13.0 Å². The first-order valence-electron chi connectivity index (χ1n) is 6.50. The number of rotatable bonds is 5. The maximum atomic E-state index is 11.7. The van der Waals surface area contributed by atoms with Crippen LogP contribution in [0.15, 0.2) is 48.5 Å². The van der Waals surface area contributed by atoms with E-state index in [4.69, 9.17) is 4.74 Å². The Labute approximate surface area is 114 Å². The van der Waals surface area contributed by atoms with Gasteiger partial charge in [-0.25, -0.2) is 0 Å². The van der Waals surface area contributed by atoms with E-state index in [9.17, 15) is 4.79 Å². The minimum absolute atomic E-state index is 0.147.